The second-order valence-corrected chi connectivity index (χ2v) is 8.63. The van der Waals surface area contributed by atoms with Gasteiger partial charge in [-0.05, 0) is 61.4 Å². The van der Waals surface area contributed by atoms with E-state index in [9.17, 15) is 10.1 Å². The zero-order valence-electron chi connectivity index (χ0n) is 21.9. The number of carbonyl (C=O) groups excluding carboxylic acids is 1. The number of benzene rings is 3. The van der Waals surface area contributed by atoms with Crippen LogP contribution in [0.15, 0.2) is 102 Å². The number of hydrogen-bond donors (Lipinski definition) is 1. The lowest BCUT2D eigenvalue weighted by Gasteiger charge is -2.27. The molecule has 200 valence electrons. The number of rotatable bonds is 11. The van der Waals surface area contributed by atoms with Gasteiger partial charge in [0.05, 0.1) is 18.1 Å². The monoisotopic (exact) mass is 526 g/mol. The van der Waals surface area contributed by atoms with Crippen molar-refractivity contribution in [3.05, 3.63) is 113 Å². The van der Waals surface area contributed by atoms with Crippen LogP contribution in [0.3, 0.4) is 0 Å². The van der Waals surface area contributed by atoms with E-state index in [-0.39, 0.29) is 30.2 Å². The number of carbonyl (C=O) groups is 1. The summed E-state index contributed by atoms with van der Waals surface area (Å²) < 4.78 is 28.2. The predicted molar refractivity (Wildman–Crippen MR) is 145 cm³/mol. The molecule has 1 heterocycles. The average Bonchev–Trinajstić information content (AvgIpc) is 2.95. The Morgan fingerprint density at radius 1 is 0.923 bits per heavy atom. The molecule has 1 atom stereocenters. The van der Waals surface area contributed by atoms with Crippen LogP contribution in [0.5, 0.6) is 17.2 Å². The van der Waals surface area contributed by atoms with Crippen LogP contribution in [0.2, 0.25) is 0 Å². The van der Waals surface area contributed by atoms with Crippen molar-refractivity contribution in [1.29, 1.82) is 5.26 Å². The fraction of sp³-hybridized carbons (Fsp3) is 0.226. The Hall–Kier alpha value is -4.90. The number of ether oxygens (including phenoxy) is 5. The van der Waals surface area contributed by atoms with E-state index in [1.165, 1.54) is 0 Å². The molecule has 4 rings (SSSR count). The average molecular weight is 527 g/mol. The summed E-state index contributed by atoms with van der Waals surface area (Å²) in [7, 11) is 0. The molecule has 3 aromatic carbocycles. The molecule has 3 aromatic rings. The third-order valence-corrected chi connectivity index (χ3v) is 5.99. The highest BCUT2D eigenvalue weighted by Crippen LogP contribution is 2.40. The van der Waals surface area contributed by atoms with Crippen molar-refractivity contribution in [1.82, 2.24) is 0 Å². The Labute approximate surface area is 227 Å². The van der Waals surface area contributed by atoms with E-state index in [2.05, 4.69) is 6.07 Å². The maximum Gasteiger partial charge on any atom is 0.338 e. The molecule has 8 heteroatoms. The van der Waals surface area contributed by atoms with Gasteiger partial charge < -0.3 is 29.4 Å². The summed E-state index contributed by atoms with van der Waals surface area (Å²) in [6.45, 7) is 4.63. The number of allylic oxidation sites excluding steroid dienone is 2. The Kier molecular flexibility index (Phi) is 9.09. The molecular formula is C31H30N2O6. The van der Waals surface area contributed by atoms with E-state index < -0.39 is 11.9 Å². The smallest absolute Gasteiger partial charge is 0.338 e. The normalized spacial score (nSPS) is 14.7. The maximum absolute atomic E-state index is 12.7. The fourth-order valence-electron chi connectivity index (χ4n) is 4.16. The van der Waals surface area contributed by atoms with Crippen LogP contribution in [0.4, 0.5) is 0 Å². The van der Waals surface area contributed by atoms with Gasteiger partial charge >= 0.3 is 5.97 Å². The van der Waals surface area contributed by atoms with Gasteiger partial charge in [-0.15, -0.1) is 0 Å². The molecule has 8 nitrogen and oxygen atoms in total. The maximum atomic E-state index is 12.7. The van der Waals surface area contributed by atoms with Crippen LogP contribution in [-0.2, 0) is 20.9 Å². The Bertz CT molecular complexity index is 1390. The summed E-state index contributed by atoms with van der Waals surface area (Å²) in [4.78, 5) is 12.7. The molecule has 39 heavy (non-hydrogen) atoms. The van der Waals surface area contributed by atoms with Crippen LogP contribution in [0.1, 0.15) is 30.9 Å². The number of nitrogens with zero attached hydrogens (tertiary/aromatic N) is 1. The Balaban J connectivity index is 1.35. The van der Waals surface area contributed by atoms with Crippen LogP contribution in [0, 0.1) is 11.3 Å². The first-order valence-electron chi connectivity index (χ1n) is 12.6. The summed E-state index contributed by atoms with van der Waals surface area (Å²) in [6, 6.07) is 26.6. The highest BCUT2D eigenvalue weighted by Gasteiger charge is 2.36. The van der Waals surface area contributed by atoms with Gasteiger partial charge in [0.15, 0.2) is 0 Å². The molecule has 0 spiro atoms. The van der Waals surface area contributed by atoms with Gasteiger partial charge in [0.2, 0.25) is 5.88 Å². The second kappa shape index (κ2) is 13.1. The first-order chi connectivity index (χ1) is 19.0. The van der Waals surface area contributed by atoms with E-state index >= 15 is 0 Å². The van der Waals surface area contributed by atoms with Gasteiger partial charge in [-0.25, -0.2) is 4.79 Å². The van der Waals surface area contributed by atoms with Crippen LogP contribution in [-0.4, -0.2) is 25.8 Å². The van der Waals surface area contributed by atoms with E-state index in [1.807, 2.05) is 54.6 Å². The van der Waals surface area contributed by atoms with Gasteiger partial charge in [-0.2, -0.15) is 5.26 Å². The zero-order chi connectivity index (χ0) is 27.6. The van der Waals surface area contributed by atoms with E-state index in [1.54, 1.807) is 38.1 Å². The van der Waals surface area contributed by atoms with E-state index in [0.717, 1.165) is 11.3 Å². The lowest BCUT2D eigenvalue weighted by molar-refractivity contribution is -0.139. The van der Waals surface area contributed by atoms with Crippen LogP contribution >= 0.6 is 0 Å². The van der Waals surface area contributed by atoms with Gasteiger partial charge in [-0.1, -0.05) is 42.5 Å². The first-order valence-corrected chi connectivity index (χ1v) is 12.6. The SMILES string of the molecule is CCOC(=O)C1=C(C)OC(N)=C(C#N)C1c1cccc(OCCOc2ccc(OCc3ccccc3)cc2)c1. The molecule has 0 saturated heterocycles. The van der Waals surface area contributed by atoms with Crippen LogP contribution < -0.4 is 19.9 Å². The zero-order valence-corrected chi connectivity index (χ0v) is 21.9. The van der Waals surface area contributed by atoms with Gasteiger partial charge in [0.25, 0.3) is 0 Å². The molecule has 0 amide bonds. The van der Waals surface area contributed by atoms with Crippen LogP contribution in [0.25, 0.3) is 0 Å². The summed E-state index contributed by atoms with van der Waals surface area (Å²) in [5, 5.41) is 9.76. The largest absolute Gasteiger partial charge is 0.490 e. The second-order valence-electron chi connectivity index (χ2n) is 8.63. The number of nitriles is 1. The summed E-state index contributed by atoms with van der Waals surface area (Å²) in [6.07, 6.45) is 0. The minimum atomic E-state index is -0.731. The van der Waals surface area contributed by atoms with E-state index in [4.69, 9.17) is 29.4 Å². The highest BCUT2D eigenvalue weighted by molar-refractivity contribution is 5.92. The minimum Gasteiger partial charge on any atom is -0.490 e. The molecule has 0 aromatic heterocycles. The predicted octanol–water partition coefficient (Wildman–Crippen LogP) is 5.37. The molecule has 0 fully saturated rings. The third kappa shape index (κ3) is 6.90. The van der Waals surface area contributed by atoms with Crippen molar-refractivity contribution in [2.75, 3.05) is 19.8 Å². The Morgan fingerprint density at radius 3 is 2.26 bits per heavy atom. The lowest BCUT2D eigenvalue weighted by Crippen LogP contribution is -2.25. The first kappa shape index (κ1) is 27.1. The summed E-state index contributed by atoms with van der Waals surface area (Å²) in [5.41, 5.74) is 8.11. The molecule has 0 radical (unpaired) electrons. The molecular weight excluding hydrogens is 496 g/mol. The highest BCUT2D eigenvalue weighted by atomic mass is 16.5. The number of esters is 1. The minimum absolute atomic E-state index is 0.0377. The van der Waals surface area contributed by atoms with Gasteiger partial charge in [0.1, 0.15) is 54.5 Å². The molecule has 0 bridgehead atoms. The third-order valence-electron chi connectivity index (χ3n) is 5.99. The fourth-order valence-corrected chi connectivity index (χ4v) is 4.16. The van der Waals surface area contributed by atoms with E-state index in [0.29, 0.717) is 36.0 Å². The quantitative estimate of drug-likeness (QED) is 0.262. The molecule has 1 aliphatic rings. The van der Waals surface area contributed by atoms with Crippen molar-refractivity contribution < 1.29 is 28.5 Å². The lowest BCUT2D eigenvalue weighted by atomic mass is 9.83. The van der Waals surface area contributed by atoms with Gasteiger partial charge in [0, 0.05) is 0 Å². The summed E-state index contributed by atoms with van der Waals surface area (Å²) in [5.74, 6) is 0.979. The molecule has 1 unspecified atom stereocenters. The molecule has 1 aliphatic heterocycles. The molecule has 0 saturated carbocycles. The topological polar surface area (TPSA) is 113 Å². The Morgan fingerprint density at radius 2 is 1.59 bits per heavy atom. The van der Waals surface area contributed by atoms with Crippen molar-refractivity contribution in [2.24, 2.45) is 5.73 Å². The number of hydrogen-bond acceptors (Lipinski definition) is 8. The van der Waals surface area contributed by atoms with Gasteiger partial charge in [-0.3, -0.25) is 0 Å². The standard InChI is InChI=1S/C31H30N2O6/c1-3-35-31(34)28-21(2)39-30(33)27(19-32)29(28)23-10-7-11-26(18-23)37-17-16-36-24-12-14-25(15-13-24)38-20-22-8-5-4-6-9-22/h4-15,18,29H,3,16-17,20,33H2,1-2H3. The molecule has 2 N–H and O–H groups in total. The number of nitrogens with two attached hydrogens (primary N) is 1. The van der Waals surface area contributed by atoms with Crippen molar-refractivity contribution in [2.45, 2.75) is 26.4 Å². The van der Waals surface area contributed by atoms with Crippen molar-refractivity contribution >= 4 is 5.97 Å². The van der Waals surface area contributed by atoms with Crippen molar-refractivity contribution in [3.8, 4) is 23.3 Å². The summed E-state index contributed by atoms with van der Waals surface area (Å²) >= 11 is 0. The van der Waals surface area contributed by atoms with Crippen molar-refractivity contribution in [3.63, 3.8) is 0 Å². The molecule has 0 aliphatic carbocycles.